The second-order valence-corrected chi connectivity index (χ2v) is 11.4. The van der Waals surface area contributed by atoms with Gasteiger partial charge in [-0.15, -0.1) is 0 Å². The maximum absolute atomic E-state index is 12.3. The molecule has 11 heteroatoms. The number of carbonyl (C=O) groups excluding carboxylic acids is 2. The summed E-state index contributed by atoms with van der Waals surface area (Å²) in [6.45, 7) is 0.534. The molecule has 0 aromatic heterocycles. The van der Waals surface area contributed by atoms with Crippen LogP contribution in [-0.4, -0.2) is 66.2 Å². The first-order chi connectivity index (χ1) is 16.5. The third-order valence-corrected chi connectivity index (χ3v) is 9.04. The smallest absolute Gasteiger partial charge is 0.237 e. The lowest BCUT2D eigenvalue weighted by Crippen LogP contribution is -2.65. The Morgan fingerprint density at radius 3 is 2.76 bits per heavy atom. The van der Waals surface area contributed by atoms with E-state index in [2.05, 4.69) is 38.5 Å². The molecular formula is C23H42N6O4S. The highest BCUT2D eigenvalue weighted by atomic mass is 32.2. The van der Waals surface area contributed by atoms with Gasteiger partial charge in [0.2, 0.25) is 11.8 Å². The van der Waals surface area contributed by atoms with E-state index in [0.717, 1.165) is 30.9 Å². The van der Waals surface area contributed by atoms with E-state index in [0.29, 0.717) is 25.3 Å². The van der Waals surface area contributed by atoms with Gasteiger partial charge in [0.05, 0.1) is 18.4 Å². The summed E-state index contributed by atoms with van der Waals surface area (Å²) in [5, 5.41) is 20.7. The van der Waals surface area contributed by atoms with Crippen LogP contribution in [0.15, 0.2) is 0 Å². The van der Waals surface area contributed by atoms with Gasteiger partial charge in [0.25, 0.3) is 0 Å². The van der Waals surface area contributed by atoms with Gasteiger partial charge in [0.1, 0.15) is 6.23 Å². The van der Waals surface area contributed by atoms with Crippen LogP contribution in [0.4, 0.5) is 0 Å². The van der Waals surface area contributed by atoms with Crippen LogP contribution >= 0.6 is 11.8 Å². The third-order valence-electron chi connectivity index (χ3n) is 7.90. The minimum Gasteiger partial charge on any atom is -0.390 e. The number of hydrogen-bond donors (Lipinski definition) is 7. The van der Waals surface area contributed by atoms with Gasteiger partial charge in [-0.2, -0.15) is 17.2 Å². The highest BCUT2D eigenvalue weighted by Gasteiger charge is 2.40. The normalized spacial score (nSPS) is 37.0. The molecule has 2 aliphatic heterocycles. The van der Waals surface area contributed by atoms with Crippen LogP contribution in [0.25, 0.3) is 0 Å². The molecule has 6 atom stereocenters. The predicted molar refractivity (Wildman–Crippen MR) is 131 cm³/mol. The Morgan fingerprint density at radius 2 is 1.97 bits per heavy atom. The molecule has 4 fully saturated rings. The van der Waals surface area contributed by atoms with Gasteiger partial charge >= 0.3 is 0 Å². The van der Waals surface area contributed by atoms with E-state index < -0.39 is 6.10 Å². The van der Waals surface area contributed by atoms with Crippen molar-refractivity contribution in [3.8, 4) is 0 Å². The lowest BCUT2D eigenvalue weighted by molar-refractivity contribution is -0.134. The summed E-state index contributed by atoms with van der Waals surface area (Å²) in [5.41, 5.74) is 8.91. The Labute approximate surface area is 206 Å². The molecule has 10 nitrogen and oxygen atoms in total. The highest BCUT2D eigenvalue weighted by molar-refractivity contribution is 7.99. The SMILES string of the molecule is CSC1CCC(C2NOC(CCC(=O)NCC(O)CNC3NNC(=O)C4CCCCC34)N2)CC1. The van der Waals surface area contributed by atoms with E-state index in [-0.39, 0.29) is 48.8 Å². The lowest BCUT2D eigenvalue weighted by Gasteiger charge is -2.41. The zero-order valence-electron chi connectivity index (χ0n) is 20.2. The largest absolute Gasteiger partial charge is 0.390 e. The Morgan fingerprint density at radius 1 is 1.18 bits per heavy atom. The van der Waals surface area contributed by atoms with Gasteiger partial charge in [-0.25, -0.2) is 5.43 Å². The molecule has 2 amide bonds. The van der Waals surface area contributed by atoms with Crippen LogP contribution in [-0.2, 0) is 14.4 Å². The summed E-state index contributed by atoms with van der Waals surface area (Å²) in [4.78, 5) is 30.0. The number of fused-ring (bicyclic) bond motifs is 1. The van der Waals surface area contributed by atoms with Crippen molar-refractivity contribution in [2.75, 3.05) is 19.3 Å². The average molecular weight is 499 g/mol. The quantitative estimate of drug-likeness (QED) is 0.227. The standard InChI is InChI=1S/C23H42N6O4S/c1-34-16-8-6-14(7-9-16)21-26-20(33-29-21)11-10-19(31)24-12-15(30)13-25-22-17-4-2-3-5-18(17)23(32)28-27-22/h14-18,20-22,25-27,29-30H,2-13H2,1H3,(H,24,31)(H,28,32). The summed E-state index contributed by atoms with van der Waals surface area (Å²) >= 11 is 1.97. The number of hydrogen-bond acceptors (Lipinski definition) is 9. The number of hydrazine groups is 1. The first kappa shape index (κ1) is 26.1. The summed E-state index contributed by atoms with van der Waals surface area (Å²) in [5.74, 6) is 0.821. The van der Waals surface area contributed by atoms with Gasteiger partial charge in [-0.1, -0.05) is 12.8 Å². The van der Waals surface area contributed by atoms with Crippen molar-refractivity contribution in [2.45, 2.75) is 94.1 Å². The van der Waals surface area contributed by atoms with Crippen LogP contribution in [0, 0.1) is 17.8 Å². The van der Waals surface area contributed by atoms with Gasteiger partial charge in [0, 0.05) is 36.6 Å². The molecule has 7 N–H and O–H groups in total. The van der Waals surface area contributed by atoms with Crippen molar-refractivity contribution in [1.82, 2.24) is 32.3 Å². The summed E-state index contributed by atoms with van der Waals surface area (Å²) in [6.07, 6.45) is 11.4. The van der Waals surface area contributed by atoms with Crippen molar-refractivity contribution in [3.05, 3.63) is 0 Å². The summed E-state index contributed by atoms with van der Waals surface area (Å²) in [7, 11) is 0. The second-order valence-electron chi connectivity index (χ2n) is 10.2. The van der Waals surface area contributed by atoms with Crippen molar-refractivity contribution in [2.24, 2.45) is 17.8 Å². The molecular weight excluding hydrogens is 456 g/mol. The Kier molecular flexibility index (Phi) is 9.87. The monoisotopic (exact) mass is 498 g/mol. The molecule has 4 rings (SSSR count). The minimum atomic E-state index is -0.700. The first-order valence-corrected chi connectivity index (χ1v) is 14.3. The molecule has 6 unspecified atom stereocenters. The number of rotatable bonds is 10. The van der Waals surface area contributed by atoms with Crippen LogP contribution < -0.4 is 32.3 Å². The maximum Gasteiger partial charge on any atom is 0.237 e. The molecule has 34 heavy (non-hydrogen) atoms. The fraction of sp³-hybridized carbons (Fsp3) is 0.913. The maximum atomic E-state index is 12.3. The van der Waals surface area contributed by atoms with Gasteiger partial charge < -0.3 is 10.4 Å². The average Bonchev–Trinajstić information content (AvgIpc) is 3.35. The molecule has 0 spiro atoms. The number of aliphatic hydroxyl groups is 1. The molecule has 4 aliphatic rings. The molecule has 2 saturated carbocycles. The minimum absolute atomic E-state index is 0.0372. The topological polar surface area (TPSA) is 136 Å². The fourth-order valence-corrected chi connectivity index (χ4v) is 6.55. The zero-order valence-corrected chi connectivity index (χ0v) is 21.0. The Balaban J connectivity index is 1.08. The number of nitrogens with one attached hydrogen (secondary N) is 6. The number of thioether (sulfide) groups is 1. The van der Waals surface area contributed by atoms with E-state index in [1.165, 1.54) is 25.7 Å². The predicted octanol–water partition coefficient (Wildman–Crippen LogP) is 0.299. The van der Waals surface area contributed by atoms with Crippen LogP contribution in [0.2, 0.25) is 0 Å². The van der Waals surface area contributed by atoms with Crippen molar-refractivity contribution in [3.63, 3.8) is 0 Å². The van der Waals surface area contributed by atoms with E-state index >= 15 is 0 Å². The Bertz CT molecular complexity index is 680. The highest BCUT2D eigenvalue weighted by Crippen LogP contribution is 2.34. The fourth-order valence-electron chi connectivity index (χ4n) is 5.81. The van der Waals surface area contributed by atoms with E-state index in [1.54, 1.807) is 0 Å². The van der Waals surface area contributed by atoms with Crippen LogP contribution in [0.3, 0.4) is 0 Å². The van der Waals surface area contributed by atoms with Crippen LogP contribution in [0.5, 0.6) is 0 Å². The molecule has 0 aromatic rings. The van der Waals surface area contributed by atoms with Gasteiger partial charge in [-0.05, 0) is 57.1 Å². The summed E-state index contributed by atoms with van der Waals surface area (Å²) < 4.78 is 0. The number of aliphatic hydroxyl groups excluding tert-OH is 1. The van der Waals surface area contributed by atoms with Crippen molar-refractivity contribution < 1.29 is 19.5 Å². The summed E-state index contributed by atoms with van der Waals surface area (Å²) in [6, 6.07) is 0. The molecule has 0 radical (unpaired) electrons. The van der Waals surface area contributed by atoms with E-state index in [9.17, 15) is 14.7 Å². The van der Waals surface area contributed by atoms with Crippen molar-refractivity contribution >= 4 is 23.6 Å². The molecule has 0 aromatic carbocycles. The second kappa shape index (κ2) is 12.8. The molecule has 0 bridgehead atoms. The van der Waals surface area contributed by atoms with E-state index in [1.807, 2.05) is 11.8 Å². The van der Waals surface area contributed by atoms with Crippen molar-refractivity contribution in [1.29, 1.82) is 0 Å². The number of hydroxylamine groups is 1. The molecule has 2 aliphatic carbocycles. The number of carbonyl (C=O) groups is 2. The van der Waals surface area contributed by atoms with E-state index in [4.69, 9.17) is 4.84 Å². The first-order valence-electron chi connectivity index (χ1n) is 13.0. The van der Waals surface area contributed by atoms with Crippen LogP contribution in [0.1, 0.15) is 64.2 Å². The zero-order chi connectivity index (χ0) is 23.9. The van der Waals surface area contributed by atoms with Gasteiger partial charge in [-0.3, -0.25) is 30.5 Å². The molecule has 194 valence electrons. The Hall–Kier alpha value is -0.950. The number of amides is 2. The van der Waals surface area contributed by atoms with Gasteiger partial charge in [0.15, 0.2) is 0 Å². The third kappa shape index (κ3) is 7.05. The lowest BCUT2D eigenvalue weighted by atomic mass is 9.76. The molecule has 2 heterocycles. The molecule has 2 saturated heterocycles.